The van der Waals surface area contributed by atoms with Crippen LogP contribution in [0.25, 0.3) is 0 Å². The molecule has 66 valence electrons. The highest BCUT2D eigenvalue weighted by molar-refractivity contribution is 5.66. The molecular weight excluding hydrogens is 146 g/mol. The number of hydroxylamine groups is 2. The summed E-state index contributed by atoms with van der Waals surface area (Å²) in [7, 11) is 2.90. The predicted molar refractivity (Wildman–Crippen MR) is 41.0 cm³/mol. The van der Waals surface area contributed by atoms with Crippen LogP contribution in [0, 0.1) is 0 Å². The molecule has 0 aromatic heterocycles. The maximum atomic E-state index is 11.0. The molecule has 4 nitrogen and oxygen atoms in total. The number of hydrogen-bond donors (Lipinski definition) is 0. The van der Waals surface area contributed by atoms with Crippen molar-refractivity contribution in [3.63, 3.8) is 0 Å². The Hall–Kier alpha value is -0.770. The smallest absolute Gasteiger partial charge is 0.434 e. The van der Waals surface area contributed by atoms with Crippen molar-refractivity contribution in [2.24, 2.45) is 0 Å². The highest BCUT2D eigenvalue weighted by Gasteiger charge is 2.18. The minimum absolute atomic E-state index is 0.468. The highest BCUT2D eigenvalue weighted by atomic mass is 16.7. The summed E-state index contributed by atoms with van der Waals surface area (Å²) < 4.78 is 4.95. The van der Waals surface area contributed by atoms with Crippen LogP contribution in [-0.2, 0) is 9.57 Å². The van der Waals surface area contributed by atoms with Crippen LogP contribution < -0.4 is 0 Å². The van der Waals surface area contributed by atoms with E-state index in [0.717, 1.165) is 5.06 Å². The van der Waals surface area contributed by atoms with Crippen molar-refractivity contribution >= 4 is 6.09 Å². The van der Waals surface area contributed by atoms with Gasteiger partial charge in [0.25, 0.3) is 0 Å². The Kier molecular flexibility index (Phi) is 3.32. The third kappa shape index (κ3) is 4.61. The fraction of sp³-hybridized carbons (Fsp3) is 0.857. The van der Waals surface area contributed by atoms with Crippen molar-refractivity contribution < 1.29 is 14.4 Å². The standard InChI is InChI=1S/C7H15NO3/c1-7(2,3)11-6(9)8(4)10-5/h1-5H3. The second-order valence-corrected chi connectivity index (χ2v) is 3.16. The lowest BCUT2D eigenvalue weighted by atomic mass is 10.2. The van der Waals surface area contributed by atoms with Gasteiger partial charge >= 0.3 is 6.09 Å². The van der Waals surface area contributed by atoms with E-state index in [1.54, 1.807) is 20.8 Å². The lowest BCUT2D eigenvalue weighted by molar-refractivity contribution is -0.106. The zero-order chi connectivity index (χ0) is 9.07. The quantitative estimate of drug-likeness (QED) is 0.546. The number of ether oxygens (including phenoxy) is 1. The van der Waals surface area contributed by atoms with Crippen molar-refractivity contribution in [2.75, 3.05) is 14.2 Å². The molecule has 0 radical (unpaired) electrons. The van der Waals surface area contributed by atoms with E-state index in [1.807, 2.05) is 0 Å². The van der Waals surface area contributed by atoms with Crippen LogP contribution in [0.5, 0.6) is 0 Å². The van der Waals surface area contributed by atoms with Crippen LogP contribution >= 0.6 is 0 Å². The van der Waals surface area contributed by atoms with Gasteiger partial charge in [0.2, 0.25) is 0 Å². The van der Waals surface area contributed by atoms with Crippen molar-refractivity contribution in [2.45, 2.75) is 26.4 Å². The van der Waals surface area contributed by atoms with Crippen molar-refractivity contribution in [3.05, 3.63) is 0 Å². The second-order valence-electron chi connectivity index (χ2n) is 3.16. The number of amides is 1. The molecule has 0 aliphatic heterocycles. The highest BCUT2D eigenvalue weighted by Crippen LogP contribution is 2.08. The Morgan fingerprint density at radius 3 is 2.09 bits per heavy atom. The molecule has 0 aliphatic carbocycles. The molecule has 0 N–H and O–H groups in total. The van der Waals surface area contributed by atoms with E-state index in [1.165, 1.54) is 14.2 Å². The first-order valence-corrected chi connectivity index (χ1v) is 3.37. The monoisotopic (exact) mass is 161 g/mol. The van der Waals surface area contributed by atoms with Gasteiger partial charge in [0.1, 0.15) is 5.60 Å². The van der Waals surface area contributed by atoms with E-state index in [0.29, 0.717) is 0 Å². The van der Waals surface area contributed by atoms with E-state index >= 15 is 0 Å². The summed E-state index contributed by atoms with van der Waals surface area (Å²) in [4.78, 5) is 15.6. The Balaban J connectivity index is 3.88. The summed E-state index contributed by atoms with van der Waals surface area (Å²) in [5, 5.41) is 1.03. The van der Waals surface area contributed by atoms with E-state index in [-0.39, 0.29) is 0 Å². The summed E-state index contributed by atoms with van der Waals surface area (Å²) in [5.41, 5.74) is -0.468. The van der Waals surface area contributed by atoms with Crippen LogP contribution in [0.4, 0.5) is 4.79 Å². The number of carbonyl (C=O) groups excluding carboxylic acids is 1. The molecule has 0 heterocycles. The third-order valence-electron chi connectivity index (χ3n) is 0.924. The SMILES string of the molecule is CON(C)C(=O)OC(C)(C)C. The molecule has 11 heavy (non-hydrogen) atoms. The fourth-order valence-corrected chi connectivity index (χ4v) is 0.401. The molecular formula is C7H15NO3. The Morgan fingerprint density at radius 2 is 1.82 bits per heavy atom. The Bertz CT molecular complexity index is 139. The molecule has 1 amide bonds. The largest absolute Gasteiger partial charge is 0.442 e. The molecule has 0 rings (SSSR count). The summed E-state index contributed by atoms with van der Waals surface area (Å²) >= 11 is 0. The normalized spacial score (nSPS) is 11.0. The predicted octanol–water partition coefficient (Wildman–Crippen LogP) is 1.41. The topological polar surface area (TPSA) is 38.8 Å². The van der Waals surface area contributed by atoms with Crippen LogP contribution in [-0.4, -0.2) is 30.9 Å². The van der Waals surface area contributed by atoms with Gasteiger partial charge in [-0.3, -0.25) is 4.84 Å². The zero-order valence-electron chi connectivity index (χ0n) is 7.67. The molecule has 0 saturated carbocycles. The number of hydrogen-bond acceptors (Lipinski definition) is 3. The number of rotatable bonds is 1. The number of carbonyl (C=O) groups is 1. The summed E-state index contributed by atoms with van der Waals surface area (Å²) in [6.07, 6.45) is -0.486. The van der Waals surface area contributed by atoms with Gasteiger partial charge in [-0.2, -0.15) is 5.06 Å². The van der Waals surface area contributed by atoms with Gasteiger partial charge in [-0.25, -0.2) is 4.79 Å². The molecule has 0 bridgehead atoms. The molecule has 0 aliphatic rings. The van der Waals surface area contributed by atoms with Gasteiger partial charge in [-0.15, -0.1) is 0 Å². The molecule has 0 spiro atoms. The summed E-state index contributed by atoms with van der Waals surface area (Å²) in [6, 6.07) is 0. The van der Waals surface area contributed by atoms with E-state index in [9.17, 15) is 4.79 Å². The molecule has 0 aromatic rings. The maximum absolute atomic E-state index is 11.0. The minimum Gasteiger partial charge on any atom is -0.442 e. The Labute approximate surface area is 67.0 Å². The van der Waals surface area contributed by atoms with Gasteiger partial charge in [0.05, 0.1) is 7.11 Å². The molecule has 4 heteroatoms. The first-order chi connectivity index (χ1) is 4.87. The molecule has 0 saturated heterocycles. The number of nitrogens with zero attached hydrogens (tertiary/aromatic N) is 1. The molecule has 0 unspecified atom stereocenters. The van der Waals surface area contributed by atoms with E-state index in [2.05, 4.69) is 4.84 Å². The van der Waals surface area contributed by atoms with Crippen LogP contribution in [0.15, 0.2) is 0 Å². The van der Waals surface area contributed by atoms with Gasteiger partial charge < -0.3 is 4.74 Å². The maximum Gasteiger partial charge on any atom is 0.434 e. The summed E-state index contributed by atoms with van der Waals surface area (Å²) in [5.74, 6) is 0. The van der Waals surface area contributed by atoms with Crippen LogP contribution in [0.1, 0.15) is 20.8 Å². The van der Waals surface area contributed by atoms with Gasteiger partial charge in [0, 0.05) is 7.05 Å². The first kappa shape index (κ1) is 10.2. The first-order valence-electron chi connectivity index (χ1n) is 3.37. The van der Waals surface area contributed by atoms with Crippen molar-refractivity contribution in [1.29, 1.82) is 0 Å². The Morgan fingerprint density at radius 1 is 1.36 bits per heavy atom. The van der Waals surface area contributed by atoms with Crippen LogP contribution in [0.3, 0.4) is 0 Å². The molecule has 0 fully saturated rings. The van der Waals surface area contributed by atoms with Gasteiger partial charge in [-0.05, 0) is 20.8 Å². The molecule has 0 atom stereocenters. The third-order valence-corrected chi connectivity index (χ3v) is 0.924. The lowest BCUT2D eigenvalue weighted by Gasteiger charge is -2.22. The second kappa shape index (κ2) is 3.57. The molecule has 0 aromatic carbocycles. The lowest BCUT2D eigenvalue weighted by Crippen LogP contribution is -2.33. The van der Waals surface area contributed by atoms with Crippen molar-refractivity contribution in [3.8, 4) is 0 Å². The fourth-order valence-electron chi connectivity index (χ4n) is 0.401. The van der Waals surface area contributed by atoms with Gasteiger partial charge in [-0.1, -0.05) is 0 Å². The van der Waals surface area contributed by atoms with E-state index < -0.39 is 11.7 Å². The summed E-state index contributed by atoms with van der Waals surface area (Å²) in [6.45, 7) is 5.40. The van der Waals surface area contributed by atoms with Crippen molar-refractivity contribution in [1.82, 2.24) is 5.06 Å². The van der Waals surface area contributed by atoms with Crippen LogP contribution in [0.2, 0.25) is 0 Å². The average molecular weight is 161 g/mol. The van der Waals surface area contributed by atoms with E-state index in [4.69, 9.17) is 4.74 Å². The zero-order valence-corrected chi connectivity index (χ0v) is 7.67. The minimum atomic E-state index is -0.486. The van der Waals surface area contributed by atoms with Gasteiger partial charge in [0.15, 0.2) is 0 Å². The average Bonchev–Trinajstić information content (AvgIpc) is 1.82.